The smallest absolute Gasteiger partial charge is 0.163 e. The van der Waals surface area contributed by atoms with Crippen LogP contribution in [-0.2, 0) is 31.8 Å². The molecule has 2 fully saturated rings. The second-order valence-electron chi connectivity index (χ2n) is 7.64. The molecule has 0 aliphatic carbocycles. The molecule has 0 bridgehead atoms. The summed E-state index contributed by atoms with van der Waals surface area (Å²) in [4.78, 5) is 8.52. The molecular weight excluding hydrogens is 376 g/mol. The largest absolute Gasteiger partial charge is 0.399 e. The van der Waals surface area contributed by atoms with Gasteiger partial charge in [0.1, 0.15) is 11.6 Å². The average Bonchev–Trinajstić information content (AvgIpc) is 2.64. The van der Waals surface area contributed by atoms with E-state index in [1.165, 1.54) is 0 Å². The number of hydrogen-bond acceptors (Lipinski definition) is 10. The van der Waals surface area contributed by atoms with Crippen LogP contribution in [0.4, 0.5) is 23.0 Å². The summed E-state index contributed by atoms with van der Waals surface area (Å²) in [6.07, 6.45) is 0.120. The first-order valence-corrected chi connectivity index (χ1v) is 9.39. The summed E-state index contributed by atoms with van der Waals surface area (Å²) in [7, 11) is 0. The molecule has 4 rings (SSSR count). The third-order valence-electron chi connectivity index (χ3n) is 4.89. The van der Waals surface area contributed by atoms with Crippen LogP contribution in [0.3, 0.4) is 0 Å². The van der Waals surface area contributed by atoms with E-state index in [-0.39, 0.29) is 5.41 Å². The zero-order valence-corrected chi connectivity index (χ0v) is 16.0. The summed E-state index contributed by atoms with van der Waals surface area (Å²) in [6.45, 7) is 1.86. The van der Waals surface area contributed by atoms with Crippen LogP contribution in [0.15, 0.2) is 24.3 Å². The minimum atomic E-state index is -0.411. The van der Waals surface area contributed by atoms with E-state index in [1.54, 1.807) is 24.3 Å². The lowest BCUT2D eigenvalue weighted by Crippen LogP contribution is -2.52. The Morgan fingerprint density at radius 1 is 0.690 bits per heavy atom. The summed E-state index contributed by atoms with van der Waals surface area (Å²) < 4.78 is 23.6. The molecule has 0 saturated carbocycles. The molecule has 8 N–H and O–H groups in total. The van der Waals surface area contributed by atoms with Crippen molar-refractivity contribution in [2.75, 3.05) is 49.4 Å². The van der Waals surface area contributed by atoms with E-state index in [9.17, 15) is 0 Å². The lowest BCUT2D eigenvalue weighted by molar-refractivity contribution is -0.301. The Kier molecular flexibility index (Phi) is 5.41. The van der Waals surface area contributed by atoms with Crippen molar-refractivity contribution in [3.8, 4) is 0 Å². The first-order chi connectivity index (χ1) is 13.9. The number of ether oxygens (including phenoxy) is 4. The molecule has 0 amide bonds. The minimum Gasteiger partial charge on any atom is -0.399 e. The zero-order chi connectivity index (χ0) is 20.4. The topological polar surface area (TPSA) is 167 Å². The Morgan fingerprint density at radius 3 is 1.41 bits per heavy atom. The molecule has 0 radical (unpaired) electrons. The Bertz CT molecular complexity index is 748. The van der Waals surface area contributed by atoms with Crippen molar-refractivity contribution in [2.24, 2.45) is 5.41 Å². The zero-order valence-electron chi connectivity index (χ0n) is 16.0. The fraction of sp³-hybridized carbons (Fsp3) is 0.474. The highest BCUT2D eigenvalue weighted by molar-refractivity contribution is 5.48. The lowest BCUT2D eigenvalue weighted by atomic mass is 9.90. The van der Waals surface area contributed by atoms with Crippen molar-refractivity contribution in [1.82, 2.24) is 9.97 Å². The van der Waals surface area contributed by atoms with E-state index in [0.29, 0.717) is 62.3 Å². The molecule has 10 nitrogen and oxygen atoms in total. The number of rotatable bonds is 4. The van der Waals surface area contributed by atoms with Gasteiger partial charge in [-0.25, -0.2) is 9.97 Å². The molecule has 29 heavy (non-hydrogen) atoms. The van der Waals surface area contributed by atoms with Gasteiger partial charge in [0.05, 0.1) is 31.8 Å². The van der Waals surface area contributed by atoms with Gasteiger partial charge in [0.15, 0.2) is 12.6 Å². The summed E-state index contributed by atoms with van der Waals surface area (Å²) in [5.74, 6) is 0.757. The number of aromatic nitrogens is 2. The molecule has 156 valence electrons. The SMILES string of the molecule is Nc1cc(N)nc(CC2OCC3(CO2)COC(Cc2cc(N)cc(N)n2)OC3)c1. The fourth-order valence-electron chi connectivity index (χ4n) is 3.48. The maximum Gasteiger partial charge on any atom is 0.163 e. The normalized spacial score (nSPS) is 27.2. The molecule has 0 aromatic carbocycles. The van der Waals surface area contributed by atoms with Crippen molar-refractivity contribution in [3.05, 3.63) is 35.7 Å². The van der Waals surface area contributed by atoms with Crippen molar-refractivity contribution in [1.29, 1.82) is 0 Å². The summed E-state index contributed by atoms with van der Waals surface area (Å²) in [5, 5.41) is 0. The van der Waals surface area contributed by atoms with Crippen molar-refractivity contribution in [3.63, 3.8) is 0 Å². The van der Waals surface area contributed by atoms with Gasteiger partial charge in [0.2, 0.25) is 0 Å². The van der Waals surface area contributed by atoms with Gasteiger partial charge in [-0.3, -0.25) is 0 Å². The van der Waals surface area contributed by atoms with Gasteiger partial charge in [-0.1, -0.05) is 0 Å². The van der Waals surface area contributed by atoms with E-state index in [2.05, 4.69) is 9.97 Å². The molecule has 2 aromatic rings. The maximum atomic E-state index is 5.89. The van der Waals surface area contributed by atoms with Crippen molar-refractivity contribution >= 4 is 23.0 Å². The van der Waals surface area contributed by atoms with Crippen molar-refractivity contribution in [2.45, 2.75) is 25.4 Å². The quantitative estimate of drug-likeness (QED) is 0.559. The number of anilines is 4. The molecule has 1 spiro atoms. The van der Waals surface area contributed by atoms with Crippen LogP contribution in [0.25, 0.3) is 0 Å². The van der Waals surface area contributed by atoms with Crippen LogP contribution in [0, 0.1) is 5.41 Å². The minimum absolute atomic E-state index is 0.336. The van der Waals surface area contributed by atoms with Gasteiger partial charge >= 0.3 is 0 Å². The van der Waals surface area contributed by atoms with Crippen LogP contribution >= 0.6 is 0 Å². The third-order valence-corrected chi connectivity index (χ3v) is 4.89. The standard InChI is InChI=1S/C19H26N6O4/c20-11-1-13(24-15(22)3-11)5-17-26-7-19(8-27-17)9-28-18(29-10-19)6-14-2-12(21)4-16(23)25-14/h1-4,17-18H,5-10H2,(H4,20,22,24)(H4,21,23,25). The van der Waals surface area contributed by atoms with Gasteiger partial charge in [-0.2, -0.15) is 0 Å². The summed E-state index contributed by atoms with van der Waals surface area (Å²) in [6, 6.07) is 6.76. The van der Waals surface area contributed by atoms with Crippen LogP contribution in [0.1, 0.15) is 11.4 Å². The fourth-order valence-corrected chi connectivity index (χ4v) is 3.48. The molecule has 0 unspecified atom stereocenters. The first kappa shape index (κ1) is 19.6. The maximum absolute atomic E-state index is 5.89. The van der Waals surface area contributed by atoms with E-state index in [0.717, 1.165) is 11.4 Å². The lowest BCUT2D eigenvalue weighted by Gasteiger charge is -2.43. The van der Waals surface area contributed by atoms with Crippen LogP contribution in [0.5, 0.6) is 0 Å². The summed E-state index contributed by atoms with van der Waals surface area (Å²) in [5.41, 5.74) is 25.3. The number of nitrogens with two attached hydrogens (primary N) is 4. The predicted molar refractivity (Wildman–Crippen MR) is 107 cm³/mol. The third kappa shape index (κ3) is 4.85. The Hall–Kier alpha value is -2.66. The highest BCUT2D eigenvalue weighted by Crippen LogP contribution is 2.31. The second kappa shape index (κ2) is 7.99. The highest BCUT2D eigenvalue weighted by atomic mass is 16.7. The van der Waals surface area contributed by atoms with Crippen LogP contribution < -0.4 is 22.9 Å². The molecule has 4 heterocycles. The molecule has 2 aliphatic heterocycles. The molecule has 10 heteroatoms. The Labute approximate surface area is 168 Å². The van der Waals surface area contributed by atoms with Crippen LogP contribution in [0.2, 0.25) is 0 Å². The average molecular weight is 402 g/mol. The van der Waals surface area contributed by atoms with Gasteiger partial charge in [-0.05, 0) is 12.1 Å². The number of nitrogens with zero attached hydrogens (tertiary/aromatic N) is 2. The molecule has 2 aliphatic rings. The van der Waals surface area contributed by atoms with E-state index >= 15 is 0 Å². The summed E-state index contributed by atoms with van der Waals surface area (Å²) >= 11 is 0. The van der Waals surface area contributed by atoms with Gasteiger partial charge in [-0.15, -0.1) is 0 Å². The van der Waals surface area contributed by atoms with E-state index in [1.807, 2.05) is 0 Å². The van der Waals surface area contributed by atoms with Gasteiger partial charge in [0, 0.05) is 47.7 Å². The highest BCUT2D eigenvalue weighted by Gasteiger charge is 2.42. The van der Waals surface area contributed by atoms with Crippen LogP contribution in [-0.4, -0.2) is 49.0 Å². The number of pyridine rings is 2. The molecule has 0 atom stereocenters. The van der Waals surface area contributed by atoms with Crippen molar-refractivity contribution < 1.29 is 18.9 Å². The second-order valence-corrected chi connectivity index (χ2v) is 7.64. The molecular formula is C19H26N6O4. The monoisotopic (exact) mass is 402 g/mol. The van der Waals surface area contributed by atoms with Gasteiger partial charge < -0.3 is 41.9 Å². The number of hydrogen-bond donors (Lipinski definition) is 4. The van der Waals surface area contributed by atoms with Gasteiger partial charge in [0.25, 0.3) is 0 Å². The Morgan fingerprint density at radius 2 is 1.07 bits per heavy atom. The van der Waals surface area contributed by atoms with E-state index < -0.39 is 12.6 Å². The molecule has 2 aromatic heterocycles. The predicted octanol–water partition coefficient (Wildman–Crippen LogP) is 0.323. The Balaban J connectivity index is 1.27. The molecule has 2 saturated heterocycles. The first-order valence-electron chi connectivity index (χ1n) is 9.39. The van der Waals surface area contributed by atoms with E-state index in [4.69, 9.17) is 41.9 Å². The number of nitrogen functional groups attached to an aromatic ring is 4.